The molecule has 1 rings (SSSR count). The molecule has 1 aromatic rings. The van der Waals surface area contributed by atoms with Crippen LogP contribution in [0.5, 0.6) is 0 Å². The number of hydrogen-bond acceptors (Lipinski definition) is 1. The van der Waals surface area contributed by atoms with E-state index in [-0.39, 0.29) is 5.78 Å². The van der Waals surface area contributed by atoms with E-state index in [1.165, 1.54) is 6.92 Å². The van der Waals surface area contributed by atoms with Crippen molar-refractivity contribution >= 4 is 35.1 Å². The lowest BCUT2D eigenvalue weighted by Crippen LogP contribution is -1.90. The molecule has 0 aromatic heterocycles. The minimum Gasteiger partial charge on any atom is -0.295 e. The molecule has 0 fully saturated rings. The quantitative estimate of drug-likeness (QED) is 0.701. The summed E-state index contributed by atoms with van der Waals surface area (Å²) >= 11 is 11.7. The Balaban J connectivity index is 3.09. The van der Waals surface area contributed by atoms with Crippen molar-refractivity contribution in [2.45, 2.75) is 13.8 Å². The Morgan fingerprint density at radius 2 is 1.93 bits per heavy atom. The molecule has 0 saturated carbocycles. The fraction of sp³-hybridized carbons (Fsp3) is 0.182. The number of allylic oxidation sites excluding steroid dienone is 1. The van der Waals surface area contributed by atoms with Gasteiger partial charge < -0.3 is 0 Å². The fourth-order valence-electron chi connectivity index (χ4n) is 0.953. The molecule has 0 unspecified atom stereocenters. The monoisotopic (exact) mass is 228 g/mol. The second-order valence-electron chi connectivity index (χ2n) is 3.05. The van der Waals surface area contributed by atoms with Crippen LogP contribution in [0, 0.1) is 0 Å². The highest BCUT2D eigenvalue weighted by atomic mass is 35.5. The van der Waals surface area contributed by atoms with Crippen LogP contribution in [0.3, 0.4) is 0 Å². The predicted octanol–water partition coefficient (Wildman–Crippen LogP) is 3.99. The van der Waals surface area contributed by atoms with Gasteiger partial charge in [0.1, 0.15) is 0 Å². The predicted molar refractivity (Wildman–Crippen MR) is 60.8 cm³/mol. The Labute approximate surface area is 93.3 Å². The summed E-state index contributed by atoms with van der Waals surface area (Å²) in [5.74, 6) is 0.0380. The molecule has 1 aromatic carbocycles. The lowest BCUT2D eigenvalue weighted by molar-refractivity contribution is -0.113. The average Bonchev–Trinajstić information content (AvgIpc) is 2.09. The first-order valence-corrected chi connectivity index (χ1v) is 4.90. The molecular formula is C11H10Cl2O. The summed E-state index contributed by atoms with van der Waals surface area (Å²) < 4.78 is 0. The van der Waals surface area contributed by atoms with Gasteiger partial charge in [0, 0.05) is 10.0 Å². The standard InChI is InChI=1S/C11H10Cl2O/c1-7(8(2)14)5-9-3-4-10(12)6-11(9)13/h3-6H,1-2H3/b7-5+. The minimum atomic E-state index is 0.0380. The van der Waals surface area contributed by atoms with E-state index in [2.05, 4.69) is 0 Å². The fourth-order valence-corrected chi connectivity index (χ4v) is 1.42. The molecule has 0 saturated heterocycles. The van der Waals surface area contributed by atoms with Gasteiger partial charge in [0.05, 0.1) is 0 Å². The zero-order valence-corrected chi connectivity index (χ0v) is 9.49. The summed E-state index contributed by atoms with van der Waals surface area (Å²) in [4.78, 5) is 11.0. The highest BCUT2D eigenvalue weighted by molar-refractivity contribution is 6.35. The first-order valence-electron chi connectivity index (χ1n) is 4.15. The van der Waals surface area contributed by atoms with E-state index in [4.69, 9.17) is 23.2 Å². The zero-order chi connectivity index (χ0) is 10.7. The van der Waals surface area contributed by atoms with Gasteiger partial charge in [-0.15, -0.1) is 0 Å². The number of Topliss-reactive ketones (excluding diaryl/α,β-unsaturated/α-hetero) is 1. The van der Waals surface area contributed by atoms with Crippen molar-refractivity contribution in [3.63, 3.8) is 0 Å². The minimum absolute atomic E-state index is 0.0380. The van der Waals surface area contributed by atoms with E-state index >= 15 is 0 Å². The lowest BCUT2D eigenvalue weighted by atomic mass is 10.1. The third kappa shape index (κ3) is 2.86. The third-order valence-electron chi connectivity index (χ3n) is 1.89. The van der Waals surface area contributed by atoms with Crippen LogP contribution in [-0.4, -0.2) is 5.78 Å². The summed E-state index contributed by atoms with van der Waals surface area (Å²) in [5.41, 5.74) is 1.48. The number of halogens is 2. The topological polar surface area (TPSA) is 17.1 Å². The number of ketones is 1. The second kappa shape index (κ2) is 4.63. The first kappa shape index (κ1) is 11.3. The van der Waals surface area contributed by atoms with Gasteiger partial charge in [-0.3, -0.25) is 4.79 Å². The van der Waals surface area contributed by atoms with Gasteiger partial charge in [0.15, 0.2) is 5.78 Å². The molecule has 1 nitrogen and oxygen atoms in total. The number of hydrogen-bond donors (Lipinski definition) is 0. The molecular weight excluding hydrogens is 219 g/mol. The second-order valence-corrected chi connectivity index (χ2v) is 3.89. The highest BCUT2D eigenvalue weighted by Crippen LogP contribution is 2.23. The van der Waals surface area contributed by atoms with Crippen LogP contribution < -0.4 is 0 Å². The van der Waals surface area contributed by atoms with Crippen molar-refractivity contribution in [2.75, 3.05) is 0 Å². The van der Waals surface area contributed by atoms with Crippen LogP contribution in [0.2, 0.25) is 10.0 Å². The lowest BCUT2D eigenvalue weighted by Gasteiger charge is -2.00. The Morgan fingerprint density at radius 3 is 2.43 bits per heavy atom. The van der Waals surface area contributed by atoms with Crippen LogP contribution in [0.15, 0.2) is 23.8 Å². The van der Waals surface area contributed by atoms with Crippen molar-refractivity contribution in [3.8, 4) is 0 Å². The third-order valence-corrected chi connectivity index (χ3v) is 2.45. The number of carbonyl (C=O) groups is 1. The maximum Gasteiger partial charge on any atom is 0.155 e. The van der Waals surface area contributed by atoms with Gasteiger partial charge in [0.2, 0.25) is 0 Å². The Morgan fingerprint density at radius 1 is 1.29 bits per heavy atom. The Bertz CT molecular complexity index is 394. The van der Waals surface area contributed by atoms with Crippen LogP contribution in [-0.2, 0) is 4.79 Å². The Kier molecular flexibility index (Phi) is 3.73. The van der Waals surface area contributed by atoms with E-state index in [1.54, 1.807) is 31.2 Å². The van der Waals surface area contributed by atoms with Crippen molar-refractivity contribution in [1.29, 1.82) is 0 Å². The average molecular weight is 229 g/mol. The van der Waals surface area contributed by atoms with Crippen LogP contribution in [0.25, 0.3) is 6.08 Å². The molecule has 0 atom stereocenters. The normalized spacial score (nSPS) is 11.6. The summed E-state index contributed by atoms with van der Waals surface area (Å²) in [7, 11) is 0. The summed E-state index contributed by atoms with van der Waals surface area (Å²) in [6.07, 6.45) is 1.75. The Hall–Kier alpha value is -0.790. The SMILES string of the molecule is CC(=O)/C(C)=C/c1ccc(Cl)cc1Cl. The maximum atomic E-state index is 11.0. The number of carbonyl (C=O) groups excluding carboxylic acids is 1. The summed E-state index contributed by atoms with van der Waals surface area (Å²) in [5, 5.41) is 1.14. The molecule has 0 N–H and O–H groups in total. The van der Waals surface area contributed by atoms with Crippen molar-refractivity contribution < 1.29 is 4.79 Å². The van der Waals surface area contributed by atoms with E-state index in [0.717, 1.165) is 5.56 Å². The number of rotatable bonds is 2. The molecule has 0 aliphatic heterocycles. The molecule has 3 heteroatoms. The van der Waals surface area contributed by atoms with Gasteiger partial charge in [-0.25, -0.2) is 0 Å². The van der Waals surface area contributed by atoms with Crippen LogP contribution >= 0.6 is 23.2 Å². The first-order chi connectivity index (χ1) is 6.50. The van der Waals surface area contributed by atoms with E-state index in [0.29, 0.717) is 15.6 Å². The molecule has 0 bridgehead atoms. The molecule has 0 heterocycles. The molecule has 74 valence electrons. The van der Waals surface area contributed by atoms with Crippen LogP contribution in [0.4, 0.5) is 0 Å². The highest BCUT2D eigenvalue weighted by Gasteiger charge is 2.01. The van der Waals surface area contributed by atoms with Gasteiger partial charge in [-0.2, -0.15) is 0 Å². The van der Waals surface area contributed by atoms with Gasteiger partial charge in [-0.05, 0) is 43.2 Å². The van der Waals surface area contributed by atoms with Crippen molar-refractivity contribution in [1.82, 2.24) is 0 Å². The molecule has 0 spiro atoms. The van der Waals surface area contributed by atoms with E-state index < -0.39 is 0 Å². The molecule has 14 heavy (non-hydrogen) atoms. The van der Waals surface area contributed by atoms with E-state index in [9.17, 15) is 4.79 Å². The van der Waals surface area contributed by atoms with Gasteiger partial charge >= 0.3 is 0 Å². The zero-order valence-electron chi connectivity index (χ0n) is 7.97. The maximum absolute atomic E-state index is 11.0. The molecule has 0 amide bonds. The van der Waals surface area contributed by atoms with Gasteiger partial charge in [-0.1, -0.05) is 29.3 Å². The number of benzene rings is 1. The molecule has 0 radical (unpaired) electrons. The van der Waals surface area contributed by atoms with Crippen molar-refractivity contribution in [2.24, 2.45) is 0 Å². The molecule has 0 aliphatic rings. The summed E-state index contributed by atoms with van der Waals surface area (Å²) in [6.45, 7) is 3.28. The molecule has 0 aliphatic carbocycles. The smallest absolute Gasteiger partial charge is 0.155 e. The van der Waals surface area contributed by atoms with Crippen LogP contribution in [0.1, 0.15) is 19.4 Å². The van der Waals surface area contributed by atoms with E-state index in [1.807, 2.05) is 0 Å². The van der Waals surface area contributed by atoms with Crippen molar-refractivity contribution in [3.05, 3.63) is 39.4 Å². The largest absolute Gasteiger partial charge is 0.295 e. The van der Waals surface area contributed by atoms with Gasteiger partial charge in [0.25, 0.3) is 0 Å². The summed E-state index contributed by atoms with van der Waals surface area (Å²) in [6, 6.07) is 5.19.